The molecule has 23 heavy (non-hydrogen) atoms. The van der Waals surface area contributed by atoms with Crippen LogP contribution in [0.1, 0.15) is 37.4 Å². The average molecular weight is 312 g/mol. The van der Waals surface area contributed by atoms with Gasteiger partial charge in [-0.1, -0.05) is 48.5 Å². The van der Waals surface area contributed by atoms with Crippen LogP contribution in [0.5, 0.6) is 5.75 Å². The molecule has 0 aliphatic carbocycles. The summed E-state index contributed by atoms with van der Waals surface area (Å²) in [5.74, 6) is 0.732. The minimum Gasteiger partial charge on any atom is -0.491 e. The van der Waals surface area contributed by atoms with Crippen LogP contribution in [-0.2, 0) is 11.3 Å². The van der Waals surface area contributed by atoms with Gasteiger partial charge in [-0.15, -0.1) is 0 Å². The van der Waals surface area contributed by atoms with Crippen molar-refractivity contribution in [2.45, 2.75) is 39.0 Å². The standard InChI is InChI=1S/C19H24N2O2/c1-14(2)23-18-11-7-6-10-16(18)13-21-19(22)12-17(20)15-8-4-3-5-9-15/h3-11,14,17H,12-13,20H2,1-2H3,(H,21,22). The Hall–Kier alpha value is -2.33. The second-order valence-corrected chi connectivity index (χ2v) is 5.77. The number of nitrogens with one attached hydrogen (secondary N) is 1. The molecular weight excluding hydrogens is 288 g/mol. The second-order valence-electron chi connectivity index (χ2n) is 5.77. The van der Waals surface area contributed by atoms with Crippen LogP contribution in [0, 0.1) is 0 Å². The van der Waals surface area contributed by atoms with E-state index in [1.165, 1.54) is 0 Å². The SMILES string of the molecule is CC(C)Oc1ccccc1CNC(=O)CC(N)c1ccccc1. The van der Waals surface area contributed by atoms with Gasteiger partial charge in [0.25, 0.3) is 0 Å². The van der Waals surface area contributed by atoms with Crippen molar-refractivity contribution in [3.63, 3.8) is 0 Å². The van der Waals surface area contributed by atoms with Gasteiger partial charge in [0.2, 0.25) is 5.91 Å². The fourth-order valence-electron chi connectivity index (χ4n) is 2.30. The Kier molecular flexibility index (Phi) is 6.18. The Morgan fingerprint density at radius 3 is 2.43 bits per heavy atom. The number of carbonyl (C=O) groups is 1. The molecule has 0 radical (unpaired) electrons. The van der Waals surface area contributed by atoms with Gasteiger partial charge in [0.1, 0.15) is 5.75 Å². The third-order valence-corrected chi connectivity index (χ3v) is 3.44. The lowest BCUT2D eigenvalue weighted by Gasteiger charge is -2.15. The Bertz CT molecular complexity index is 626. The van der Waals surface area contributed by atoms with E-state index in [1.807, 2.05) is 68.4 Å². The second kappa shape index (κ2) is 8.34. The quantitative estimate of drug-likeness (QED) is 0.825. The van der Waals surface area contributed by atoms with Crippen molar-refractivity contribution in [2.75, 3.05) is 0 Å². The van der Waals surface area contributed by atoms with Crippen molar-refractivity contribution in [2.24, 2.45) is 5.73 Å². The molecule has 0 aromatic heterocycles. The minimum atomic E-state index is -0.293. The van der Waals surface area contributed by atoms with Gasteiger partial charge in [-0.3, -0.25) is 4.79 Å². The highest BCUT2D eigenvalue weighted by atomic mass is 16.5. The van der Waals surface area contributed by atoms with Crippen LogP contribution in [0.2, 0.25) is 0 Å². The Balaban J connectivity index is 1.90. The van der Waals surface area contributed by atoms with Gasteiger partial charge in [-0.2, -0.15) is 0 Å². The number of ether oxygens (including phenoxy) is 1. The number of nitrogens with two attached hydrogens (primary N) is 1. The molecule has 4 heteroatoms. The van der Waals surface area contributed by atoms with Crippen LogP contribution < -0.4 is 15.8 Å². The van der Waals surface area contributed by atoms with Crippen LogP contribution >= 0.6 is 0 Å². The molecule has 122 valence electrons. The van der Waals surface area contributed by atoms with Crippen LogP contribution in [0.15, 0.2) is 54.6 Å². The van der Waals surface area contributed by atoms with E-state index in [-0.39, 0.29) is 24.5 Å². The monoisotopic (exact) mass is 312 g/mol. The molecule has 1 amide bonds. The van der Waals surface area contributed by atoms with Gasteiger partial charge in [0.15, 0.2) is 0 Å². The molecule has 1 unspecified atom stereocenters. The number of amides is 1. The van der Waals surface area contributed by atoms with E-state index in [2.05, 4.69) is 5.32 Å². The largest absolute Gasteiger partial charge is 0.491 e. The number of carbonyl (C=O) groups excluding carboxylic acids is 1. The summed E-state index contributed by atoms with van der Waals surface area (Å²) in [5.41, 5.74) is 8.00. The summed E-state index contributed by atoms with van der Waals surface area (Å²) < 4.78 is 5.75. The highest BCUT2D eigenvalue weighted by Crippen LogP contribution is 2.19. The van der Waals surface area contributed by atoms with Gasteiger partial charge in [0, 0.05) is 24.6 Å². The first-order valence-electron chi connectivity index (χ1n) is 7.88. The molecule has 3 N–H and O–H groups in total. The van der Waals surface area contributed by atoms with E-state index in [0.717, 1.165) is 16.9 Å². The maximum Gasteiger partial charge on any atom is 0.222 e. The molecule has 0 saturated carbocycles. The van der Waals surface area contributed by atoms with Crippen molar-refractivity contribution < 1.29 is 9.53 Å². The predicted molar refractivity (Wildman–Crippen MR) is 92.0 cm³/mol. The molecule has 2 rings (SSSR count). The molecule has 0 spiro atoms. The molecule has 0 bridgehead atoms. The summed E-state index contributed by atoms with van der Waals surface area (Å²) in [4.78, 5) is 12.1. The van der Waals surface area contributed by atoms with E-state index < -0.39 is 0 Å². The topological polar surface area (TPSA) is 64.3 Å². The van der Waals surface area contributed by atoms with Gasteiger partial charge in [-0.05, 0) is 25.5 Å². The van der Waals surface area contributed by atoms with E-state index in [1.54, 1.807) is 0 Å². The van der Waals surface area contributed by atoms with Crippen molar-refractivity contribution in [1.29, 1.82) is 0 Å². The van der Waals surface area contributed by atoms with Gasteiger partial charge >= 0.3 is 0 Å². The zero-order chi connectivity index (χ0) is 16.7. The molecule has 0 fully saturated rings. The van der Waals surface area contributed by atoms with Crippen LogP contribution in [0.3, 0.4) is 0 Å². The maximum absolute atomic E-state index is 12.1. The first-order chi connectivity index (χ1) is 11.1. The molecule has 4 nitrogen and oxygen atoms in total. The first kappa shape index (κ1) is 17.0. The summed E-state index contributed by atoms with van der Waals surface area (Å²) in [6.45, 7) is 4.39. The fraction of sp³-hybridized carbons (Fsp3) is 0.316. The molecular formula is C19H24N2O2. The number of para-hydroxylation sites is 1. The summed E-state index contributed by atoms with van der Waals surface area (Å²) in [6, 6.07) is 17.1. The number of benzene rings is 2. The van der Waals surface area contributed by atoms with E-state index in [4.69, 9.17) is 10.5 Å². The zero-order valence-corrected chi connectivity index (χ0v) is 13.7. The Morgan fingerprint density at radius 1 is 1.09 bits per heavy atom. The van der Waals surface area contributed by atoms with Gasteiger partial charge in [-0.25, -0.2) is 0 Å². The summed E-state index contributed by atoms with van der Waals surface area (Å²) in [6.07, 6.45) is 0.357. The zero-order valence-electron chi connectivity index (χ0n) is 13.7. The number of rotatable bonds is 7. The molecule has 2 aromatic rings. The Labute approximate surface area is 137 Å². The molecule has 0 aliphatic heterocycles. The smallest absolute Gasteiger partial charge is 0.222 e. The fourth-order valence-corrected chi connectivity index (χ4v) is 2.30. The third kappa shape index (κ3) is 5.42. The highest BCUT2D eigenvalue weighted by Gasteiger charge is 2.12. The Morgan fingerprint density at radius 2 is 1.74 bits per heavy atom. The molecule has 0 aliphatic rings. The third-order valence-electron chi connectivity index (χ3n) is 3.44. The van der Waals surface area contributed by atoms with Crippen LogP contribution in [0.25, 0.3) is 0 Å². The lowest BCUT2D eigenvalue weighted by Crippen LogP contribution is -2.27. The molecule has 0 heterocycles. The van der Waals surface area contributed by atoms with E-state index in [0.29, 0.717) is 6.54 Å². The lowest BCUT2D eigenvalue weighted by atomic mass is 10.0. The van der Waals surface area contributed by atoms with Crippen molar-refractivity contribution >= 4 is 5.91 Å². The maximum atomic E-state index is 12.1. The van der Waals surface area contributed by atoms with Gasteiger partial charge < -0.3 is 15.8 Å². The number of hydrogen-bond donors (Lipinski definition) is 2. The first-order valence-corrected chi connectivity index (χ1v) is 7.88. The highest BCUT2D eigenvalue weighted by molar-refractivity contribution is 5.76. The van der Waals surface area contributed by atoms with Crippen molar-refractivity contribution in [3.05, 3.63) is 65.7 Å². The molecule has 2 aromatic carbocycles. The van der Waals surface area contributed by atoms with Crippen LogP contribution in [0.4, 0.5) is 0 Å². The summed E-state index contributed by atoms with van der Waals surface area (Å²) >= 11 is 0. The number of hydrogen-bond acceptors (Lipinski definition) is 3. The van der Waals surface area contributed by atoms with Crippen molar-refractivity contribution in [1.82, 2.24) is 5.32 Å². The summed E-state index contributed by atoms with van der Waals surface area (Å²) in [7, 11) is 0. The summed E-state index contributed by atoms with van der Waals surface area (Å²) in [5, 5.41) is 2.91. The van der Waals surface area contributed by atoms with E-state index in [9.17, 15) is 4.79 Å². The van der Waals surface area contributed by atoms with E-state index >= 15 is 0 Å². The minimum absolute atomic E-state index is 0.0688. The molecule has 0 saturated heterocycles. The average Bonchev–Trinajstić information content (AvgIpc) is 2.54. The van der Waals surface area contributed by atoms with Crippen molar-refractivity contribution in [3.8, 4) is 5.75 Å². The predicted octanol–water partition coefficient (Wildman–Crippen LogP) is 3.18. The van der Waals surface area contributed by atoms with Crippen LogP contribution in [-0.4, -0.2) is 12.0 Å². The normalized spacial score (nSPS) is 12.0. The van der Waals surface area contributed by atoms with Gasteiger partial charge in [0.05, 0.1) is 6.10 Å². The lowest BCUT2D eigenvalue weighted by molar-refractivity contribution is -0.121. The molecule has 1 atom stereocenters.